The molecule has 0 spiro atoms. The summed E-state index contributed by atoms with van der Waals surface area (Å²) in [6.07, 6.45) is 1.87. The first-order valence-electron chi connectivity index (χ1n) is 4.03. The Kier molecular flexibility index (Phi) is 2.17. The number of alkyl halides is 1. The van der Waals surface area contributed by atoms with Gasteiger partial charge in [-0.2, -0.15) is 0 Å². The Morgan fingerprint density at radius 2 is 2.25 bits per heavy atom. The third-order valence-electron chi connectivity index (χ3n) is 1.89. The third kappa shape index (κ3) is 1.39. The van der Waals surface area contributed by atoms with Crippen LogP contribution in [0.5, 0.6) is 0 Å². The summed E-state index contributed by atoms with van der Waals surface area (Å²) in [5.41, 5.74) is 0. The lowest BCUT2D eigenvalue weighted by Crippen LogP contribution is -2.37. The van der Waals surface area contributed by atoms with Gasteiger partial charge in [0.2, 0.25) is 5.89 Å². The molecule has 0 aliphatic carbocycles. The van der Waals surface area contributed by atoms with E-state index in [9.17, 15) is 0 Å². The van der Waals surface area contributed by atoms with E-state index in [1.807, 2.05) is 0 Å². The van der Waals surface area contributed by atoms with Crippen molar-refractivity contribution in [2.45, 2.75) is 12.8 Å². The molecule has 0 amide bonds. The Balaban J connectivity index is 2.02. The van der Waals surface area contributed by atoms with Gasteiger partial charge in [0.25, 0.3) is 0 Å². The molecule has 1 aliphatic heterocycles. The van der Waals surface area contributed by atoms with Crippen molar-refractivity contribution in [2.24, 2.45) is 0 Å². The van der Waals surface area contributed by atoms with Crippen LogP contribution in [0.1, 0.15) is 12.3 Å². The van der Waals surface area contributed by atoms with Crippen molar-refractivity contribution >= 4 is 17.6 Å². The molecule has 0 N–H and O–H groups in total. The van der Waals surface area contributed by atoms with Crippen molar-refractivity contribution in [3.8, 4) is 0 Å². The van der Waals surface area contributed by atoms with E-state index in [0.29, 0.717) is 24.2 Å². The minimum Gasteiger partial charge on any atom is -0.408 e. The van der Waals surface area contributed by atoms with Crippen LogP contribution in [0.4, 0.5) is 6.01 Å². The number of hydrogen-bond donors (Lipinski definition) is 0. The lowest BCUT2D eigenvalue weighted by atomic mass is 10.2. The van der Waals surface area contributed by atoms with Gasteiger partial charge in [0, 0.05) is 25.4 Å². The van der Waals surface area contributed by atoms with Gasteiger partial charge in [-0.1, -0.05) is 5.10 Å². The highest BCUT2D eigenvalue weighted by Gasteiger charge is 2.19. The molecule has 0 radical (unpaired) electrons. The van der Waals surface area contributed by atoms with Crippen molar-refractivity contribution in [1.82, 2.24) is 10.2 Å². The number of aryl methyl sites for hydroxylation is 1. The number of rotatable bonds is 3. The Morgan fingerprint density at radius 1 is 1.42 bits per heavy atom. The van der Waals surface area contributed by atoms with Crippen LogP contribution in [0.2, 0.25) is 0 Å². The van der Waals surface area contributed by atoms with Gasteiger partial charge in [-0.05, 0) is 6.42 Å². The maximum Gasteiger partial charge on any atom is 0.318 e. The zero-order chi connectivity index (χ0) is 8.39. The summed E-state index contributed by atoms with van der Waals surface area (Å²) in [5.74, 6) is 1.16. The van der Waals surface area contributed by atoms with Crippen LogP contribution in [-0.2, 0) is 6.42 Å². The van der Waals surface area contributed by atoms with E-state index >= 15 is 0 Å². The highest BCUT2D eigenvalue weighted by atomic mass is 35.5. The molecule has 0 saturated carbocycles. The molecule has 1 fully saturated rings. The number of hydrogen-bond acceptors (Lipinski definition) is 4. The number of halogens is 1. The molecule has 1 aliphatic rings. The molecule has 2 heterocycles. The van der Waals surface area contributed by atoms with E-state index in [1.54, 1.807) is 0 Å². The molecular weight excluding hydrogens is 178 g/mol. The molecule has 1 saturated heterocycles. The average Bonchev–Trinajstić information content (AvgIpc) is 2.34. The van der Waals surface area contributed by atoms with Crippen molar-refractivity contribution in [3.05, 3.63) is 5.89 Å². The van der Waals surface area contributed by atoms with Crippen LogP contribution in [0.15, 0.2) is 4.42 Å². The third-order valence-corrected chi connectivity index (χ3v) is 2.08. The van der Waals surface area contributed by atoms with Crippen LogP contribution in [0.25, 0.3) is 0 Å². The average molecular weight is 188 g/mol. The summed E-state index contributed by atoms with van der Waals surface area (Å²) in [7, 11) is 0. The summed E-state index contributed by atoms with van der Waals surface area (Å²) in [5, 5.41) is 7.77. The van der Waals surface area contributed by atoms with Gasteiger partial charge < -0.3 is 9.32 Å². The van der Waals surface area contributed by atoms with Gasteiger partial charge in [-0.15, -0.1) is 16.7 Å². The predicted octanol–water partition coefficient (Wildman–Crippen LogP) is 1.06. The van der Waals surface area contributed by atoms with Crippen molar-refractivity contribution in [3.63, 3.8) is 0 Å². The maximum atomic E-state index is 5.53. The van der Waals surface area contributed by atoms with Gasteiger partial charge in [-0.25, -0.2) is 0 Å². The minimum absolute atomic E-state index is 0.529. The number of nitrogens with zero attached hydrogens (tertiary/aromatic N) is 3. The fourth-order valence-corrected chi connectivity index (χ4v) is 1.22. The second kappa shape index (κ2) is 3.31. The second-order valence-electron chi connectivity index (χ2n) is 2.76. The Morgan fingerprint density at radius 3 is 2.83 bits per heavy atom. The van der Waals surface area contributed by atoms with Gasteiger partial charge in [-0.3, -0.25) is 0 Å². The van der Waals surface area contributed by atoms with E-state index < -0.39 is 0 Å². The molecule has 0 atom stereocenters. The molecule has 5 heteroatoms. The van der Waals surface area contributed by atoms with Crippen LogP contribution in [0.3, 0.4) is 0 Å². The molecule has 2 rings (SSSR count). The van der Waals surface area contributed by atoms with Gasteiger partial charge in [0.05, 0.1) is 0 Å². The molecule has 4 nitrogen and oxygen atoms in total. The first-order chi connectivity index (χ1) is 5.90. The van der Waals surface area contributed by atoms with E-state index in [4.69, 9.17) is 16.0 Å². The standard InChI is InChI=1S/C7H10ClN3O/c8-3-2-6-9-10-7(12-6)11-4-1-5-11/h1-5H2. The summed E-state index contributed by atoms with van der Waals surface area (Å²) in [6, 6.07) is 0.640. The van der Waals surface area contributed by atoms with E-state index in [-0.39, 0.29) is 0 Å². The summed E-state index contributed by atoms with van der Waals surface area (Å²) < 4.78 is 5.35. The van der Waals surface area contributed by atoms with Crippen LogP contribution in [0, 0.1) is 0 Å². The molecular formula is C7H10ClN3O. The minimum atomic E-state index is 0.529. The maximum absolute atomic E-state index is 5.53. The summed E-state index contributed by atoms with van der Waals surface area (Å²) in [6.45, 7) is 2.06. The molecule has 66 valence electrons. The Hall–Kier alpha value is -0.770. The van der Waals surface area contributed by atoms with Gasteiger partial charge >= 0.3 is 6.01 Å². The smallest absolute Gasteiger partial charge is 0.318 e. The topological polar surface area (TPSA) is 42.2 Å². The van der Waals surface area contributed by atoms with Gasteiger partial charge in [0.15, 0.2) is 0 Å². The molecule has 1 aromatic rings. The summed E-state index contributed by atoms with van der Waals surface area (Å²) in [4.78, 5) is 2.06. The normalized spacial score (nSPS) is 16.2. The second-order valence-corrected chi connectivity index (χ2v) is 3.14. The van der Waals surface area contributed by atoms with Crippen molar-refractivity contribution in [1.29, 1.82) is 0 Å². The first-order valence-corrected chi connectivity index (χ1v) is 4.57. The van der Waals surface area contributed by atoms with E-state index in [2.05, 4.69) is 15.1 Å². The Bertz CT molecular complexity index is 259. The van der Waals surface area contributed by atoms with Crippen LogP contribution in [-0.4, -0.2) is 29.2 Å². The van der Waals surface area contributed by atoms with E-state index in [0.717, 1.165) is 13.1 Å². The fourth-order valence-electron chi connectivity index (χ4n) is 1.06. The Labute approximate surface area is 75.5 Å². The zero-order valence-corrected chi connectivity index (χ0v) is 7.42. The van der Waals surface area contributed by atoms with Gasteiger partial charge in [0.1, 0.15) is 0 Å². The lowest BCUT2D eigenvalue weighted by Gasteiger charge is -2.28. The van der Waals surface area contributed by atoms with E-state index in [1.165, 1.54) is 6.42 Å². The largest absolute Gasteiger partial charge is 0.408 e. The quantitative estimate of drug-likeness (QED) is 0.664. The fraction of sp³-hybridized carbons (Fsp3) is 0.714. The molecule has 0 unspecified atom stereocenters. The summed E-state index contributed by atoms with van der Waals surface area (Å²) >= 11 is 5.53. The molecule has 0 aromatic carbocycles. The monoisotopic (exact) mass is 187 g/mol. The highest BCUT2D eigenvalue weighted by Crippen LogP contribution is 2.18. The predicted molar refractivity (Wildman–Crippen MR) is 45.6 cm³/mol. The molecule has 12 heavy (non-hydrogen) atoms. The zero-order valence-electron chi connectivity index (χ0n) is 6.66. The van der Waals surface area contributed by atoms with Crippen molar-refractivity contribution in [2.75, 3.05) is 23.9 Å². The lowest BCUT2D eigenvalue weighted by molar-refractivity contribution is 0.461. The van der Waals surface area contributed by atoms with Crippen LogP contribution < -0.4 is 4.90 Å². The SMILES string of the molecule is ClCCc1nnc(N2CCC2)o1. The number of anilines is 1. The highest BCUT2D eigenvalue weighted by molar-refractivity contribution is 6.17. The van der Waals surface area contributed by atoms with Crippen LogP contribution >= 0.6 is 11.6 Å². The molecule has 0 bridgehead atoms. The van der Waals surface area contributed by atoms with Crippen molar-refractivity contribution < 1.29 is 4.42 Å². The first kappa shape index (κ1) is 7.86. The number of aromatic nitrogens is 2. The molecule has 1 aromatic heterocycles.